The van der Waals surface area contributed by atoms with Gasteiger partial charge in [0.15, 0.2) is 0 Å². The summed E-state index contributed by atoms with van der Waals surface area (Å²) >= 11 is 0. The van der Waals surface area contributed by atoms with Gasteiger partial charge in [0.25, 0.3) is 5.91 Å². The third kappa shape index (κ3) is 1.51. The molecule has 0 heterocycles. The smallest absolute Gasteiger partial charge is 0.265 e. The number of nitrogen functional groups attached to an aromatic ring is 2. The van der Waals surface area contributed by atoms with Crippen LogP contribution in [0.2, 0.25) is 0 Å². The topological polar surface area (TPSA) is 81.1 Å². The Balaban J connectivity index is 3.05. The van der Waals surface area contributed by atoms with Crippen LogP contribution >= 0.6 is 0 Å². The summed E-state index contributed by atoms with van der Waals surface area (Å²) < 4.78 is 12.6. The Morgan fingerprint density at radius 3 is 2.67 bits per heavy atom. The van der Waals surface area contributed by atoms with E-state index in [-0.39, 0.29) is 11.3 Å². The Morgan fingerprint density at radius 1 is 1.50 bits per heavy atom. The van der Waals surface area contributed by atoms with Gasteiger partial charge >= 0.3 is 0 Å². The van der Waals surface area contributed by atoms with Gasteiger partial charge in [-0.1, -0.05) is 0 Å². The van der Waals surface area contributed by atoms with Gasteiger partial charge in [-0.25, -0.2) is 10.2 Å². The molecule has 1 aromatic rings. The van der Waals surface area contributed by atoms with Gasteiger partial charge in [-0.15, -0.1) is 0 Å². The number of amides is 1. The summed E-state index contributed by atoms with van der Waals surface area (Å²) in [4.78, 5) is 10.9. The van der Waals surface area contributed by atoms with Gasteiger partial charge in [-0.05, 0) is 18.2 Å². The van der Waals surface area contributed by atoms with E-state index in [0.717, 1.165) is 6.07 Å². The van der Waals surface area contributed by atoms with Crippen molar-refractivity contribution in [3.8, 4) is 0 Å². The fourth-order valence-electron chi connectivity index (χ4n) is 0.768. The summed E-state index contributed by atoms with van der Waals surface area (Å²) in [5, 5.41) is 0. The summed E-state index contributed by atoms with van der Waals surface area (Å²) in [6.07, 6.45) is 0. The maximum Gasteiger partial charge on any atom is 0.265 e. The molecule has 64 valence electrons. The lowest BCUT2D eigenvalue weighted by atomic mass is 10.2. The van der Waals surface area contributed by atoms with Crippen LogP contribution in [0, 0.1) is 5.82 Å². The first kappa shape index (κ1) is 8.48. The number of carbonyl (C=O) groups is 1. The average Bonchev–Trinajstić information content (AvgIpc) is 2.08. The van der Waals surface area contributed by atoms with E-state index in [1.54, 1.807) is 0 Å². The van der Waals surface area contributed by atoms with E-state index in [1.807, 2.05) is 5.43 Å². The maximum absolute atomic E-state index is 12.6. The quantitative estimate of drug-likeness (QED) is 0.240. The molecular formula is C7H8FN3O. The highest BCUT2D eigenvalue weighted by molar-refractivity contribution is 5.94. The summed E-state index contributed by atoms with van der Waals surface area (Å²) in [7, 11) is 0. The lowest BCUT2D eigenvalue weighted by Gasteiger charge is -2.00. The van der Waals surface area contributed by atoms with Crippen LogP contribution in [0.5, 0.6) is 0 Å². The number of hydrogen-bond acceptors (Lipinski definition) is 3. The van der Waals surface area contributed by atoms with Crippen LogP contribution in [0.4, 0.5) is 10.1 Å². The summed E-state index contributed by atoms with van der Waals surface area (Å²) in [5.74, 6) is 3.81. The number of hydrazine groups is 1. The van der Waals surface area contributed by atoms with E-state index < -0.39 is 11.7 Å². The van der Waals surface area contributed by atoms with Crippen molar-refractivity contribution in [1.82, 2.24) is 5.43 Å². The van der Waals surface area contributed by atoms with Crippen LogP contribution in [0.3, 0.4) is 0 Å². The number of rotatable bonds is 1. The Labute approximate surface area is 68.3 Å². The molecule has 0 spiro atoms. The molecule has 12 heavy (non-hydrogen) atoms. The molecule has 1 aromatic carbocycles. The monoisotopic (exact) mass is 169 g/mol. The van der Waals surface area contributed by atoms with Crippen molar-refractivity contribution in [3.05, 3.63) is 29.6 Å². The molecule has 0 fully saturated rings. The Bertz CT molecular complexity index is 314. The molecule has 0 aromatic heterocycles. The van der Waals surface area contributed by atoms with Gasteiger partial charge in [0, 0.05) is 5.56 Å². The molecule has 0 aliphatic carbocycles. The maximum atomic E-state index is 12.6. The number of halogens is 1. The van der Waals surface area contributed by atoms with Crippen LogP contribution in [0.1, 0.15) is 10.4 Å². The van der Waals surface area contributed by atoms with Crippen LogP contribution in [0.25, 0.3) is 0 Å². The first-order chi connectivity index (χ1) is 5.65. The number of anilines is 1. The molecule has 4 nitrogen and oxygen atoms in total. The van der Waals surface area contributed by atoms with Crippen molar-refractivity contribution >= 4 is 11.6 Å². The molecule has 1 amide bonds. The van der Waals surface area contributed by atoms with Crippen molar-refractivity contribution in [2.24, 2.45) is 5.84 Å². The van der Waals surface area contributed by atoms with E-state index in [4.69, 9.17) is 11.6 Å². The van der Waals surface area contributed by atoms with Crippen molar-refractivity contribution in [2.45, 2.75) is 0 Å². The first-order valence-corrected chi connectivity index (χ1v) is 3.21. The van der Waals surface area contributed by atoms with E-state index in [2.05, 4.69) is 0 Å². The van der Waals surface area contributed by atoms with E-state index >= 15 is 0 Å². The molecule has 0 saturated carbocycles. The minimum Gasteiger partial charge on any atom is -0.396 e. The Kier molecular flexibility index (Phi) is 2.25. The molecule has 0 bridgehead atoms. The Hall–Kier alpha value is -1.62. The normalized spacial score (nSPS) is 9.50. The number of benzene rings is 1. The van der Waals surface area contributed by atoms with E-state index in [0.29, 0.717) is 0 Å². The van der Waals surface area contributed by atoms with E-state index in [1.165, 1.54) is 12.1 Å². The van der Waals surface area contributed by atoms with Gasteiger partial charge in [0.1, 0.15) is 5.82 Å². The van der Waals surface area contributed by atoms with Gasteiger partial charge in [-0.2, -0.15) is 0 Å². The zero-order chi connectivity index (χ0) is 9.14. The van der Waals surface area contributed by atoms with Gasteiger partial charge < -0.3 is 5.73 Å². The molecule has 0 radical (unpaired) electrons. The zero-order valence-corrected chi connectivity index (χ0v) is 6.17. The molecule has 0 aliphatic heterocycles. The van der Waals surface area contributed by atoms with Crippen molar-refractivity contribution in [2.75, 3.05) is 5.73 Å². The third-order valence-corrected chi connectivity index (χ3v) is 1.39. The average molecular weight is 169 g/mol. The highest BCUT2D eigenvalue weighted by atomic mass is 19.1. The molecule has 5 N–H and O–H groups in total. The lowest BCUT2D eigenvalue weighted by molar-refractivity contribution is 0.0953. The summed E-state index contributed by atoms with van der Waals surface area (Å²) in [5.41, 5.74) is 7.29. The molecule has 0 unspecified atom stereocenters. The second kappa shape index (κ2) is 3.19. The van der Waals surface area contributed by atoms with Crippen molar-refractivity contribution in [3.63, 3.8) is 0 Å². The molecule has 0 atom stereocenters. The molecule has 0 saturated heterocycles. The predicted octanol–water partition coefficient (Wildman–Crippen LogP) is 0.0114. The largest absolute Gasteiger partial charge is 0.396 e. The van der Waals surface area contributed by atoms with Gasteiger partial charge in [-0.3, -0.25) is 10.2 Å². The van der Waals surface area contributed by atoms with Crippen LogP contribution in [-0.4, -0.2) is 5.91 Å². The minimum absolute atomic E-state index is 0.0731. The zero-order valence-electron chi connectivity index (χ0n) is 6.17. The molecule has 0 aliphatic rings. The summed E-state index contributed by atoms with van der Waals surface area (Å²) in [6.45, 7) is 0. The van der Waals surface area contributed by atoms with Crippen molar-refractivity contribution in [1.29, 1.82) is 0 Å². The van der Waals surface area contributed by atoms with Crippen LogP contribution in [-0.2, 0) is 0 Å². The fourth-order valence-corrected chi connectivity index (χ4v) is 0.768. The predicted molar refractivity (Wildman–Crippen MR) is 42.5 cm³/mol. The van der Waals surface area contributed by atoms with E-state index in [9.17, 15) is 9.18 Å². The molecular weight excluding hydrogens is 161 g/mol. The SMILES string of the molecule is NNC(=O)c1ccc(F)c(N)c1. The van der Waals surface area contributed by atoms with Gasteiger partial charge in [0.05, 0.1) is 5.69 Å². The first-order valence-electron chi connectivity index (χ1n) is 3.21. The third-order valence-electron chi connectivity index (χ3n) is 1.39. The fraction of sp³-hybridized carbons (Fsp3) is 0. The molecule has 1 rings (SSSR count). The molecule has 5 heteroatoms. The summed E-state index contributed by atoms with van der Waals surface area (Å²) in [6, 6.07) is 3.63. The minimum atomic E-state index is -0.552. The van der Waals surface area contributed by atoms with Crippen LogP contribution < -0.4 is 17.0 Å². The van der Waals surface area contributed by atoms with Gasteiger partial charge in [0.2, 0.25) is 0 Å². The standard InChI is InChI=1S/C7H8FN3O/c8-5-2-1-4(3-6(5)9)7(12)11-10/h1-3H,9-10H2,(H,11,12). The number of carbonyl (C=O) groups excluding carboxylic acids is 1. The lowest BCUT2D eigenvalue weighted by Crippen LogP contribution is -2.30. The second-order valence-corrected chi connectivity index (χ2v) is 2.21. The van der Waals surface area contributed by atoms with Crippen molar-refractivity contribution < 1.29 is 9.18 Å². The highest BCUT2D eigenvalue weighted by Crippen LogP contribution is 2.11. The highest BCUT2D eigenvalue weighted by Gasteiger charge is 2.05. The second-order valence-electron chi connectivity index (χ2n) is 2.21. The Morgan fingerprint density at radius 2 is 2.17 bits per heavy atom. The van der Waals surface area contributed by atoms with Crippen LogP contribution in [0.15, 0.2) is 18.2 Å². The number of nitrogens with one attached hydrogen (secondary N) is 1. The number of nitrogens with two attached hydrogens (primary N) is 2. The number of hydrogen-bond donors (Lipinski definition) is 3.